The van der Waals surface area contributed by atoms with Crippen molar-refractivity contribution in [2.75, 3.05) is 5.43 Å². The van der Waals surface area contributed by atoms with Crippen LogP contribution in [0.15, 0.2) is 56.7 Å². The van der Waals surface area contributed by atoms with Crippen molar-refractivity contribution in [1.29, 1.82) is 0 Å². The summed E-state index contributed by atoms with van der Waals surface area (Å²) in [6.07, 6.45) is 6.85. The molecule has 0 aliphatic heterocycles. The molecule has 24 heavy (non-hydrogen) atoms. The van der Waals surface area contributed by atoms with Crippen molar-refractivity contribution in [3.05, 3.63) is 57.9 Å². The fourth-order valence-corrected chi connectivity index (χ4v) is 3.44. The van der Waals surface area contributed by atoms with Crippen molar-refractivity contribution in [3.63, 3.8) is 0 Å². The number of hydrazine groups is 1. The largest absolute Gasteiger partial charge is 0.422 e. The number of fused-ring (bicyclic) bond motifs is 1. The summed E-state index contributed by atoms with van der Waals surface area (Å²) in [4.78, 5) is 16.7. The van der Waals surface area contributed by atoms with E-state index in [-0.39, 0.29) is 5.63 Å². The highest BCUT2D eigenvalue weighted by atomic mass is 32.1. The fraction of sp³-hybridized carbons (Fsp3) is 0.222. The number of thiazole rings is 1. The van der Waals surface area contributed by atoms with E-state index in [2.05, 4.69) is 21.9 Å². The van der Waals surface area contributed by atoms with Crippen LogP contribution >= 0.6 is 11.3 Å². The van der Waals surface area contributed by atoms with Crippen molar-refractivity contribution in [1.82, 2.24) is 10.4 Å². The smallest absolute Gasteiger partial charge is 0.345 e. The van der Waals surface area contributed by atoms with Crippen LogP contribution < -0.4 is 16.5 Å². The second-order valence-electron chi connectivity index (χ2n) is 5.75. The van der Waals surface area contributed by atoms with Gasteiger partial charge < -0.3 is 9.84 Å². The normalized spacial score (nSPS) is 14.4. The van der Waals surface area contributed by atoms with Gasteiger partial charge in [0, 0.05) is 16.5 Å². The highest BCUT2D eigenvalue weighted by Gasteiger charge is 2.12. The zero-order valence-corrected chi connectivity index (χ0v) is 13.9. The lowest BCUT2D eigenvalue weighted by Crippen LogP contribution is -2.21. The number of rotatable bonds is 4. The number of benzene rings is 1. The highest BCUT2D eigenvalue weighted by Crippen LogP contribution is 2.25. The van der Waals surface area contributed by atoms with Crippen molar-refractivity contribution >= 4 is 27.4 Å². The zero-order chi connectivity index (χ0) is 16.4. The van der Waals surface area contributed by atoms with E-state index >= 15 is 0 Å². The zero-order valence-electron chi connectivity index (χ0n) is 13.0. The van der Waals surface area contributed by atoms with Crippen molar-refractivity contribution in [2.45, 2.75) is 25.7 Å². The van der Waals surface area contributed by atoms with Crippen LogP contribution in [0.25, 0.3) is 22.2 Å². The molecule has 2 aromatic heterocycles. The lowest BCUT2D eigenvalue weighted by molar-refractivity contribution is 0.563. The summed E-state index contributed by atoms with van der Waals surface area (Å²) in [5.74, 6) is 0. The molecule has 0 unspecified atom stereocenters. The van der Waals surface area contributed by atoms with E-state index in [1.54, 1.807) is 6.07 Å². The van der Waals surface area contributed by atoms with Crippen LogP contribution in [0.1, 0.15) is 25.7 Å². The SMILES string of the molecule is O=c1oc2ccccc2cc1-c1csc(NNC2=CCCCC2)n1. The molecule has 0 saturated heterocycles. The number of aromatic nitrogens is 1. The third-order valence-corrected chi connectivity index (χ3v) is 4.80. The van der Waals surface area contributed by atoms with Gasteiger partial charge in [-0.25, -0.2) is 9.78 Å². The molecule has 1 aromatic carbocycles. The second kappa shape index (κ2) is 6.49. The van der Waals surface area contributed by atoms with Crippen molar-refractivity contribution < 1.29 is 4.42 Å². The third-order valence-electron chi connectivity index (χ3n) is 4.04. The average molecular weight is 339 g/mol. The van der Waals surface area contributed by atoms with E-state index in [0.29, 0.717) is 16.8 Å². The van der Waals surface area contributed by atoms with Crippen LogP contribution in [0, 0.1) is 0 Å². The molecule has 5 nitrogen and oxygen atoms in total. The fourth-order valence-electron chi connectivity index (χ4n) is 2.78. The standard InChI is InChI=1S/C18H17N3O2S/c22-17-14(10-12-6-4-5-9-16(12)23-17)15-11-24-18(19-15)21-20-13-7-2-1-3-8-13/h4-7,9-11,20H,1-3,8H2,(H,19,21). The van der Waals surface area contributed by atoms with Gasteiger partial charge in [-0.3, -0.25) is 5.43 Å². The Hall–Kier alpha value is -2.60. The van der Waals surface area contributed by atoms with Gasteiger partial charge in [-0.1, -0.05) is 24.3 Å². The molecule has 0 atom stereocenters. The van der Waals surface area contributed by atoms with E-state index in [4.69, 9.17) is 4.42 Å². The second-order valence-corrected chi connectivity index (χ2v) is 6.61. The Morgan fingerprint density at radius 2 is 2.08 bits per heavy atom. The third kappa shape index (κ3) is 3.05. The first-order valence-corrected chi connectivity index (χ1v) is 8.87. The Balaban J connectivity index is 1.57. The average Bonchev–Trinajstić information content (AvgIpc) is 3.09. The Morgan fingerprint density at radius 3 is 2.96 bits per heavy atom. The molecule has 0 fully saturated rings. The van der Waals surface area contributed by atoms with Crippen molar-refractivity contribution in [3.8, 4) is 11.3 Å². The summed E-state index contributed by atoms with van der Waals surface area (Å²) in [5.41, 5.74) is 8.85. The molecular formula is C18H17N3O2S. The van der Waals surface area contributed by atoms with Crippen molar-refractivity contribution in [2.24, 2.45) is 0 Å². The number of hydrogen-bond acceptors (Lipinski definition) is 6. The predicted molar refractivity (Wildman–Crippen MR) is 96.9 cm³/mol. The van der Waals surface area contributed by atoms with E-state index in [0.717, 1.165) is 23.4 Å². The van der Waals surface area contributed by atoms with Crippen LogP contribution in [-0.2, 0) is 0 Å². The van der Waals surface area contributed by atoms with Gasteiger partial charge in [0.15, 0.2) is 0 Å². The topological polar surface area (TPSA) is 67.2 Å². The minimum atomic E-state index is -0.367. The van der Waals surface area contributed by atoms with Gasteiger partial charge in [-0.2, -0.15) is 0 Å². The molecule has 0 saturated carbocycles. The number of anilines is 1. The monoisotopic (exact) mass is 339 g/mol. The van der Waals surface area contributed by atoms with Crippen LogP contribution in [-0.4, -0.2) is 4.98 Å². The van der Waals surface area contributed by atoms with Crippen LogP contribution in [0.2, 0.25) is 0 Å². The van der Waals surface area contributed by atoms with Gasteiger partial charge in [0.1, 0.15) is 5.58 Å². The van der Waals surface area contributed by atoms with Gasteiger partial charge in [0.25, 0.3) is 0 Å². The number of allylic oxidation sites excluding steroid dienone is 2. The van der Waals surface area contributed by atoms with Crippen LogP contribution in [0.4, 0.5) is 5.13 Å². The molecule has 3 aromatic rings. The van der Waals surface area contributed by atoms with Gasteiger partial charge >= 0.3 is 5.63 Å². The Morgan fingerprint density at radius 1 is 1.17 bits per heavy atom. The minimum Gasteiger partial charge on any atom is -0.422 e. The first-order valence-electron chi connectivity index (χ1n) is 7.99. The molecule has 122 valence electrons. The minimum absolute atomic E-state index is 0.367. The van der Waals surface area contributed by atoms with E-state index in [1.165, 1.54) is 29.9 Å². The summed E-state index contributed by atoms with van der Waals surface area (Å²) in [7, 11) is 0. The predicted octanol–water partition coefficient (Wildman–Crippen LogP) is 4.29. The highest BCUT2D eigenvalue weighted by molar-refractivity contribution is 7.14. The first kappa shape index (κ1) is 15.0. The number of nitrogens with zero attached hydrogens (tertiary/aromatic N) is 1. The van der Waals surface area contributed by atoms with Crippen LogP contribution in [0.5, 0.6) is 0 Å². The summed E-state index contributed by atoms with van der Waals surface area (Å²) in [6, 6.07) is 9.31. The quantitative estimate of drug-likeness (QED) is 0.548. The number of para-hydroxylation sites is 1. The molecular weight excluding hydrogens is 322 g/mol. The first-order chi connectivity index (χ1) is 11.8. The van der Waals surface area contributed by atoms with Gasteiger partial charge in [0.2, 0.25) is 5.13 Å². The molecule has 2 N–H and O–H groups in total. The molecule has 0 bridgehead atoms. The summed E-state index contributed by atoms with van der Waals surface area (Å²) in [5, 5.41) is 3.48. The Kier molecular flexibility index (Phi) is 4.04. The molecule has 1 aliphatic rings. The maximum absolute atomic E-state index is 12.2. The molecule has 0 radical (unpaired) electrons. The lowest BCUT2D eigenvalue weighted by atomic mass is 10.1. The Bertz CT molecular complexity index is 958. The molecule has 2 heterocycles. The summed E-state index contributed by atoms with van der Waals surface area (Å²) >= 11 is 1.45. The molecule has 0 spiro atoms. The molecule has 4 rings (SSSR count). The van der Waals surface area contributed by atoms with Gasteiger partial charge in [-0.15, -0.1) is 11.3 Å². The molecule has 0 amide bonds. The Labute approximate surface area is 143 Å². The lowest BCUT2D eigenvalue weighted by Gasteiger charge is -2.14. The van der Waals surface area contributed by atoms with Crippen LogP contribution in [0.3, 0.4) is 0 Å². The van der Waals surface area contributed by atoms with Gasteiger partial charge in [-0.05, 0) is 37.8 Å². The summed E-state index contributed by atoms with van der Waals surface area (Å²) in [6.45, 7) is 0. The van der Waals surface area contributed by atoms with E-state index in [9.17, 15) is 4.79 Å². The summed E-state index contributed by atoms with van der Waals surface area (Å²) < 4.78 is 5.38. The molecule has 1 aliphatic carbocycles. The van der Waals surface area contributed by atoms with E-state index < -0.39 is 0 Å². The van der Waals surface area contributed by atoms with Gasteiger partial charge in [0.05, 0.1) is 11.3 Å². The number of hydrogen-bond donors (Lipinski definition) is 2. The molecule has 6 heteroatoms. The number of nitrogens with one attached hydrogen (secondary N) is 2. The van der Waals surface area contributed by atoms with E-state index in [1.807, 2.05) is 29.6 Å². The maximum atomic E-state index is 12.2. The maximum Gasteiger partial charge on any atom is 0.345 e.